The molecule has 0 aromatic heterocycles. The smallest absolute Gasteiger partial charge is 0.243 e. The van der Waals surface area contributed by atoms with Crippen LogP contribution in [0.3, 0.4) is 0 Å². The molecule has 1 atom stereocenters. The van der Waals surface area contributed by atoms with Crippen LogP contribution in [0.25, 0.3) is 0 Å². The Balaban J connectivity index is 2.02. The molecule has 29 heavy (non-hydrogen) atoms. The van der Waals surface area contributed by atoms with Gasteiger partial charge in [0.05, 0.1) is 11.9 Å². The van der Waals surface area contributed by atoms with Gasteiger partial charge in [0.1, 0.15) is 11.9 Å². The lowest BCUT2D eigenvalue weighted by atomic mass is 10.2. The van der Waals surface area contributed by atoms with Gasteiger partial charge in [0.15, 0.2) is 0 Å². The van der Waals surface area contributed by atoms with Crippen molar-refractivity contribution in [3.05, 3.63) is 60.4 Å². The van der Waals surface area contributed by atoms with Gasteiger partial charge in [-0.05, 0) is 37.1 Å². The second kappa shape index (κ2) is 10.2. The zero-order valence-corrected chi connectivity index (χ0v) is 17.8. The number of anilines is 2. The lowest BCUT2D eigenvalue weighted by Crippen LogP contribution is -2.50. The Hall–Kier alpha value is -2.61. The molecule has 0 radical (unpaired) electrons. The molecule has 2 aromatic carbocycles. The third kappa shape index (κ3) is 6.19. The molecule has 0 fully saturated rings. The Morgan fingerprint density at radius 1 is 1.10 bits per heavy atom. The van der Waals surface area contributed by atoms with Gasteiger partial charge in [-0.2, -0.15) is 0 Å². The number of hydrogen-bond acceptors (Lipinski definition) is 4. The number of para-hydroxylation sites is 2. The zero-order valence-electron chi connectivity index (χ0n) is 17.0. The van der Waals surface area contributed by atoms with Crippen LogP contribution in [-0.2, 0) is 14.8 Å². The van der Waals surface area contributed by atoms with E-state index >= 15 is 0 Å². The Morgan fingerprint density at radius 2 is 1.72 bits per heavy atom. The molecule has 8 heteroatoms. The van der Waals surface area contributed by atoms with Gasteiger partial charge in [0, 0.05) is 25.8 Å². The molecule has 0 aliphatic heterocycles. The molecular formula is C21H28FN3O3S. The van der Waals surface area contributed by atoms with Crippen molar-refractivity contribution in [1.82, 2.24) is 5.32 Å². The maximum Gasteiger partial charge on any atom is 0.243 e. The van der Waals surface area contributed by atoms with E-state index in [1.165, 1.54) is 18.2 Å². The van der Waals surface area contributed by atoms with Crippen molar-refractivity contribution < 1.29 is 17.6 Å². The topological polar surface area (TPSA) is 69.7 Å². The second-order valence-corrected chi connectivity index (χ2v) is 8.70. The molecule has 1 unspecified atom stereocenters. The first-order valence-corrected chi connectivity index (χ1v) is 11.4. The Labute approximate surface area is 172 Å². The fourth-order valence-corrected chi connectivity index (χ4v) is 4.34. The van der Waals surface area contributed by atoms with Gasteiger partial charge in [-0.15, -0.1) is 0 Å². The molecule has 2 aromatic rings. The van der Waals surface area contributed by atoms with Gasteiger partial charge in [-0.1, -0.05) is 37.3 Å². The standard InChI is InChI=1S/C21H28FN3O3S/c1-4-19(25(29(3,27)28)20-14-9-8-13-18(20)22)21(26)23-15-10-16-24(2)17-11-6-5-7-12-17/h5-9,11-14,19H,4,10,15-16H2,1-3H3,(H,23,26). The van der Waals surface area contributed by atoms with Crippen LogP contribution in [0.1, 0.15) is 19.8 Å². The van der Waals surface area contributed by atoms with Gasteiger partial charge < -0.3 is 10.2 Å². The second-order valence-electron chi connectivity index (χ2n) is 6.84. The molecule has 158 valence electrons. The van der Waals surface area contributed by atoms with Crippen molar-refractivity contribution >= 4 is 27.3 Å². The largest absolute Gasteiger partial charge is 0.375 e. The molecular weight excluding hydrogens is 393 g/mol. The van der Waals surface area contributed by atoms with Gasteiger partial charge in [-0.3, -0.25) is 9.10 Å². The van der Waals surface area contributed by atoms with Crippen molar-refractivity contribution in [2.75, 3.05) is 35.6 Å². The number of halogens is 1. The van der Waals surface area contributed by atoms with Crippen molar-refractivity contribution in [3.63, 3.8) is 0 Å². The summed E-state index contributed by atoms with van der Waals surface area (Å²) in [7, 11) is -1.88. The van der Waals surface area contributed by atoms with Crippen LogP contribution >= 0.6 is 0 Å². The van der Waals surface area contributed by atoms with Crippen LogP contribution in [0.2, 0.25) is 0 Å². The summed E-state index contributed by atoms with van der Waals surface area (Å²) in [6.45, 7) is 2.82. The molecule has 1 amide bonds. The van der Waals surface area contributed by atoms with E-state index in [1.807, 2.05) is 37.4 Å². The highest BCUT2D eigenvalue weighted by molar-refractivity contribution is 7.92. The normalized spacial score (nSPS) is 12.3. The first-order valence-electron chi connectivity index (χ1n) is 9.53. The minimum Gasteiger partial charge on any atom is -0.375 e. The molecule has 1 N–H and O–H groups in total. The Bertz CT molecular complexity index is 906. The molecule has 0 heterocycles. The molecule has 0 bridgehead atoms. The SMILES string of the molecule is CCC(C(=O)NCCCN(C)c1ccccc1)N(c1ccccc1F)S(C)(=O)=O. The lowest BCUT2D eigenvalue weighted by Gasteiger charge is -2.30. The third-order valence-electron chi connectivity index (χ3n) is 4.59. The van der Waals surface area contributed by atoms with Crippen molar-refractivity contribution in [3.8, 4) is 0 Å². The average molecular weight is 422 g/mol. The predicted octanol–water partition coefficient (Wildman–Crippen LogP) is 3.01. The lowest BCUT2D eigenvalue weighted by molar-refractivity contribution is -0.122. The third-order valence-corrected chi connectivity index (χ3v) is 5.75. The average Bonchev–Trinajstić information content (AvgIpc) is 2.69. The number of sulfonamides is 1. The van der Waals surface area contributed by atoms with E-state index in [9.17, 15) is 17.6 Å². The number of hydrogen-bond donors (Lipinski definition) is 1. The van der Waals surface area contributed by atoms with E-state index in [0.717, 1.165) is 22.8 Å². The summed E-state index contributed by atoms with van der Waals surface area (Å²) in [5.41, 5.74) is 0.953. The van der Waals surface area contributed by atoms with Crippen LogP contribution in [-0.4, -0.2) is 46.8 Å². The number of rotatable bonds is 10. The maximum atomic E-state index is 14.2. The number of carbonyl (C=O) groups is 1. The summed E-state index contributed by atoms with van der Waals surface area (Å²) < 4.78 is 39.8. The predicted molar refractivity (Wildman–Crippen MR) is 115 cm³/mol. The summed E-state index contributed by atoms with van der Waals surface area (Å²) in [4.78, 5) is 14.8. The van der Waals surface area contributed by atoms with E-state index in [-0.39, 0.29) is 12.1 Å². The monoisotopic (exact) mass is 421 g/mol. The van der Waals surface area contributed by atoms with Crippen LogP contribution in [0, 0.1) is 5.82 Å². The number of benzene rings is 2. The highest BCUT2D eigenvalue weighted by Gasteiger charge is 2.32. The van der Waals surface area contributed by atoms with Gasteiger partial charge in [-0.25, -0.2) is 12.8 Å². The molecule has 0 saturated heterocycles. The number of nitrogens with one attached hydrogen (secondary N) is 1. The summed E-state index contributed by atoms with van der Waals surface area (Å²) in [6.07, 6.45) is 1.88. The van der Waals surface area contributed by atoms with Crippen LogP contribution in [0.4, 0.5) is 15.8 Å². The first kappa shape index (κ1) is 22.7. The number of amides is 1. The fraction of sp³-hybridized carbons (Fsp3) is 0.381. The Morgan fingerprint density at radius 3 is 2.31 bits per heavy atom. The molecule has 0 aliphatic rings. The minimum atomic E-state index is -3.85. The van der Waals surface area contributed by atoms with Gasteiger partial charge in [0.2, 0.25) is 15.9 Å². The highest BCUT2D eigenvalue weighted by Crippen LogP contribution is 2.25. The number of carbonyl (C=O) groups excluding carboxylic acids is 1. The maximum absolute atomic E-state index is 14.2. The Kier molecular flexibility index (Phi) is 8.01. The van der Waals surface area contributed by atoms with Crippen molar-refractivity contribution in [2.24, 2.45) is 0 Å². The van der Waals surface area contributed by atoms with E-state index in [0.29, 0.717) is 13.0 Å². The highest BCUT2D eigenvalue weighted by atomic mass is 32.2. The van der Waals surface area contributed by atoms with Crippen LogP contribution < -0.4 is 14.5 Å². The van der Waals surface area contributed by atoms with E-state index in [2.05, 4.69) is 10.2 Å². The quantitative estimate of drug-likeness (QED) is 0.599. The summed E-state index contributed by atoms with van der Waals surface area (Å²) >= 11 is 0. The van der Waals surface area contributed by atoms with E-state index < -0.39 is 27.8 Å². The van der Waals surface area contributed by atoms with E-state index in [4.69, 9.17) is 0 Å². The van der Waals surface area contributed by atoms with Gasteiger partial charge >= 0.3 is 0 Å². The summed E-state index contributed by atoms with van der Waals surface area (Å²) in [6, 6.07) is 14.4. The van der Waals surface area contributed by atoms with Gasteiger partial charge in [0.25, 0.3) is 0 Å². The molecule has 2 rings (SSSR count). The van der Waals surface area contributed by atoms with E-state index in [1.54, 1.807) is 13.0 Å². The van der Waals surface area contributed by atoms with Crippen molar-refractivity contribution in [2.45, 2.75) is 25.8 Å². The van der Waals surface area contributed by atoms with Crippen molar-refractivity contribution in [1.29, 1.82) is 0 Å². The molecule has 0 spiro atoms. The molecule has 0 saturated carbocycles. The van der Waals surface area contributed by atoms with Crippen LogP contribution in [0.15, 0.2) is 54.6 Å². The summed E-state index contributed by atoms with van der Waals surface area (Å²) in [5, 5.41) is 2.79. The number of nitrogens with zero attached hydrogens (tertiary/aromatic N) is 2. The molecule has 6 nitrogen and oxygen atoms in total. The first-order chi connectivity index (χ1) is 13.8. The van der Waals surface area contributed by atoms with Crippen LogP contribution in [0.5, 0.6) is 0 Å². The zero-order chi connectivity index (χ0) is 21.4. The minimum absolute atomic E-state index is 0.124. The summed E-state index contributed by atoms with van der Waals surface area (Å²) in [5.74, 6) is -1.13. The molecule has 0 aliphatic carbocycles. The fourth-order valence-electron chi connectivity index (χ4n) is 3.12.